The Morgan fingerprint density at radius 2 is 1.08 bits per heavy atom. The number of hydrogen-bond donors (Lipinski definition) is 1. The van der Waals surface area contributed by atoms with Crippen molar-refractivity contribution in [2.24, 2.45) is 0 Å². The first-order chi connectivity index (χ1) is 37.0. The Balaban J connectivity index is 0.987. The minimum absolute atomic E-state index is 0.0248. The van der Waals surface area contributed by atoms with Gasteiger partial charge in [0.15, 0.2) is 5.75 Å². The summed E-state index contributed by atoms with van der Waals surface area (Å²) >= 11 is 12.7. The van der Waals surface area contributed by atoms with Crippen LogP contribution in [0.4, 0.5) is 24.5 Å². The van der Waals surface area contributed by atoms with E-state index in [0.29, 0.717) is 43.3 Å². The lowest BCUT2D eigenvalue weighted by Crippen LogP contribution is -2.49. The van der Waals surface area contributed by atoms with Crippen LogP contribution in [0.25, 0.3) is 10.9 Å². The molecule has 0 atom stereocenters. The molecular weight excluding hydrogens is 1060 g/mol. The summed E-state index contributed by atoms with van der Waals surface area (Å²) in [4.78, 5) is 17.1. The van der Waals surface area contributed by atoms with Crippen molar-refractivity contribution in [2.75, 3.05) is 31.2 Å². The molecule has 0 spiro atoms. The zero-order valence-corrected chi connectivity index (χ0v) is 44.8. The summed E-state index contributed by atoms with van der Waals surface area (Å²) in [5, 5.41) is 45.6. The molecule has 0 radical (unpaired) electrons. The number of aromatic nitrogens is 1. The van der Waals surface area contributed by atoms with Crippen molar-refractivity contribution >= 4 is 55.5 Å². The molecule has 418 valence electrons. The van der Waals surface area contributed by atoms with Crippen molar-refractivity contribution in [1.82, 2.24) is 9.29 Å². The molecule has 5 aromatic rings. The summed E-state index contributed by atoms with van der Waals surface area (Å²) in [6, 6.07) is 28.6. The van der Waals surface area contributed by atoms with E-state index < -0.39 is 27.5 Å². The maximum atomic E-state index is 13.6. The van der Waals surface area contributed by atoms with Gasteiger partial charge in [0.1, 0.15) is 5.52 Å². The monoisotopic (exact) mass is 1130 g/mol. The first kappa shape index (κ1) is 61.0. The number of piperidine rings is 1. The van der Waals surface area contributed by atoms with Crippen LogP contribution in [-0.4, -0.2) is 60.7 Å². The molecule has 0 unspecified atom stereocenters. The molecule has 0 aliphatic carbocycles. The molecule has 76 heavy (non-hydrogen) atoms. The number of hydrogen-bond acceptors (Lipinski definition) is 15. The van der Waals surface area contributed by atoms with E-state index in [9.17, 15) is 21.6 Å². The Morgan fingerprint density at radius 3 is 1.58 bits per heavy atom. The van der Waals surface area contributed by atoms with Crippen molar-refractivity contribution in [3.8, 4) is 5.75 Å². The summed E-state index contributed by atoms with van der Waals surface area (Å²) in [6.07, 6.45) is 23.3. The Hall–Kier alpha value is -4.23. The Kier molecular flexibility index (Phi) is 26.7. The van der Waals surface area contributed by atoms with Gasteiger partial charge in [0.05, 0.1) is 12.3 Å². The van der Waals surface area contributed by atoms with Crippen LogP contribution in [-0.2, 0) is 55.2 Å². The highest BCUT2D eigenvalue weighted by Gasteiger charge is 2.50. The molecule has 6 rings (SSSR count). The molecule has 4 aromatic carbocycles. The topological polar surface area (TPSA) is 166 Å². The van der Waals surface area contributed by atoms with Gasteiger partial charge in [0.2, 0.25) is 0 Å². The molecule has 0 bridgehead atoms. The summed E-state index contributed by atoms with van der Waals surface area (Å²) in [5.41, 5.74) is -1.58. The molecule has 1 saturated heterocycles. The first-order valence-corrected chi connectivity index (χ1v) is 28.3. The Bertz CT molecular complexity index is 2470. The largest absolute Gasteiger partial charge is 0.511 e. The van der Waals surface area contributed by atoms with Gasteiger partial charge >= 0.3 is 15.5 Å². The van der Waals surface area contributed by atoms with Crippen LogP contribution in [0.5, 0.6) is 5.75 Å². The van der Waals surface area contributed by atoms with Crippen molar-refractivity contribution in [3.63, 3.8) is 0 Å². The maximum absolute atomic E-state index is 13.6. The van der Waals surface area contributed by atoms with E-state index in [-0.39, 0.29) is 43.8 Å². The maximum Gasteiger partial charge on any atom is 0.511 e. The average Bonchev–Trinajstić information content (AvgIpc) is 3.46. The predicted octanol–water partition coefficient (Wildman–Crippen LogP) is 15.0. The van der Waals surface area contributed by atoms with Crippen molar-refractivity contribution in [1.29, 1.82) is 0 Å². The van der Waals surface area contributed by atoms with E-state index in [2.05, 4.69) is 40.3 Å². The van der Waals surface area contributed by atoms with E-state index in [1.807, 2.05) is 65.6 Å². The fraction of sp³-hybridized carbons (Fsp3) is 0.500. The number of pyridine rings is 1. The second-order valence-corrected chi connectivity index (χ2v) is 21.4. The first-order valence-electron chi connectivity index (χ1n) is 26.1. The van der Waals surface area contributed by atoms with Gasteiger partial charge in [-0.05, 0) is 117 Å². The summed E-state index contributed by atoms with van der Waals surface area (Å²) in [6.45, 7) is -0.154. The second kappa shape index (κ2) is 33.3. The average molecular weight is 1130 g/mol. The van der Waals surface area contributed by atoms with Crippen molar-refractivity contribution in [3.05, 3.63) is 130 Å². The van der Waals surface area contributed by atoms with Gasteiger partial charge in [-0.3, -0.25) is 4.98 Å². The standard InChI is InChI=1S/C54H68Cl2F3N3O13S/c55-45-28-24-42(25-29-45)52(43-26-30-46(56)31-27-43)44-40-49-50(62(47-22-18-17-19-23-47)48-33-36-61(37-34-48)76(64,65)54(57,58)59)32-35-60-53(49)51(41-44)67-69-71-73-75-74-72-70-68-66-39-21-16-14-12-10-8-6-4-2-1-3-5-7-9-11-13-15-20-38-63/h17-19,22-32,35,40-41,48,52,63H,1-16,20-21,33-34,36-39H2. The van der Waals surface area contributed by atoms with Crippen LogP contribution >= 0.6 is 23.2 Å². The second-order valence-electron chi connectivity index (χ2n) is 18.6. The number of nitrogens with zero attached hydrogens (tertiary/aromatic N) is 3. The third-order valence-corrected chi connectivity index (χ3v) is 15.4. The molecule has 1 fully saturated rings. The highest BCUT2D eigenvalue weighted by Crippen LogP contribution is 2.43. The molecule has 1 aliphatic heterocycles. The lowest BCUT2D eigenvalue weighted by Gasteiger charge is -2.40. The quantitative estimate of drug-likeness (QED) is 0.0173. The number of rotatable bonds is 37. The van der Waals surface area contributed by atoms with Gasteiger partial charge in [-0.2, -0.15) is 17.5 Å². The fourth-order valence-electron chi connectivity index (χ4n) is 9.45. The zero-order chi connectivity index (χ0) is 53.9. The molecule has 0 saturated carbocycles. The van der Waals surface area contributed by atoms with E-state index >= 15 is 0 Å². The number of sulfonamides is 1. The van der Waals surface area contributed by atoms with Crippen LogP contribution in [0.15, 0.2) is 103 Å². The molecule has 1 aromatic heterocycles. The molecule has 1 N–H and O–H groups in total. The van der Waals surface area contributed by atoms with Crippen LogP contribution in [0.1, 0.15) is 151 Å². The predicted molar refractivity (Wildman–Crippen MR) is 279 cm³/mol. The molecule has 2 heterocycles. The highest BCUT2D eigenvalue weighted by atomic mass is 35.5. The number of halogens is 5. The van der Waals surface area contributed by atoms with Gasteiger partial charge in [-0.1, -0.05) is 168 Å². The van der Waals surface area contributed by atoms with Gasteiger partial charge in [0, 0.05) is 79.1 Å². The van der Waals surface area contributed by atoms with Gasteiger partial charge in [0.25, 0.3) is 0 Å². The molecular formula is C54H68Cl2F3N3O13S. The number of unbranched alkanes of at least 4 members (excludes halogenated alkanes) is 17. The van der Waals surface area contributed by atoms with Crippen LogP contribution < -0.4 is 9.79 Å². The normalized spacial score (nSPS) is 13.8. The highest BCUT2D eigenvalue weighted by molar-refractivity contribution is 7.90. The number of benzene rings is 4. The van der Waals surface area contributed by atoms with Crippen LogP contribution in [0, 0.1) is 0 Å². The van der Waals surface area contributed by atoms with Crippen molar-refractivity contribution in [2.45, 2.75) is 146 Å². The van der Waals surface area contributed by atoms with Crippen molar-refractivity contribution < 1.29 is 76.8 Å². The molecule has 22 heteroatoms. The van der Waals surface area contributed by atoms with E-state index in [0.717, 1.165) is 43.2 Å². The third-order valence-electron chi connectivity index (χ3n) is 13.3. The summed E-state index contributed by atoms with van der Waals surface area (Å²) < 4.78 is 66.1. The molecule has 0 amide bonds. The number of para-hydroxylation sites is 1. The van der Waals surface area contributed by atoms with Crippen LogP contribution in [0.3, 0.4) is 0 Å². The number of aliphatic hydroxyl groups excluding tert-OH is 1. The summed E-state index contributed by atoms with van der Waals surface area (Å²) in [7, 11) is -5.53. The van der Waals surface area contributed by atoms with Gasteiger partial charge < -0.3 is 14.9 Å². The Morgan fingerprint density at radius 1 is 0.605 bits per heavy atom. The van der Waals surface area contributed by atoms with E-state index in [4.69, 9.17) is 43.1 Å². The minimum Gasteiger partial charge on any atom is -0.396 e. The Labute approximate surface area is 452 Å². The van der Waals surface area contributed by atoms with E-state index in [1.54, 1.807) is 36.4 Å². The number of anilines is 2. The minimum atomic E-state index is -5.53. The lowest BCUT2D eigenvalue weighted by molar-refractivity contribution is -0.841. The number of fused-ring (bicyclic) bond motifs is 1. The number of aliphatic hydroxyl groups is 1. The number of alkyl halides is 3. The smallest absolute Gasteiger partial charge is 0.396 e. The lowest BCUT2D eigenvalue weighted by atomic mass is 9.84. The zero-order valence-electron chi connectivity index (χ0n) is 42.4. The van der Waals surface area contributed by atoms with E-state index in [1.165, 1.54) is 89.7 Å². The summed E-state index contributed by atoms with van der Waals surface area (Å²) in [5.74, 6) is -0.450. The van der Waals surface area contributed by atoms with Crippen LogP contribution in [0.2, 0.25) is 10.0 Å². The fourth-order valence-corrected chi connectivity index (χ4v) is 10.7. The molecule has 1 aliphatic rings. The van der Waals surface area contributed by atoms with Gasteiger partial charge in [-0.25, -0.2) is 13.3 Å². The molecule has 16 nitrogen and oxygen atoms in total. The van der Waals surface area contributed by atoms with Gasteiger partial charge in [-0.15, -0.1) is 0 Å². The SMILES string of the molecule is O=S(=O)(N1CCC(N(c2ccccc2)c2ccnc3c(OOOOOOOOOOCCCCCCCCCCCCCCCCCCCCO)cc(C(c4ccc(Cl)cc4)c4ccc(Cl)cc4)cc23)CC1)C(F)(F)F. The third kappa shape index (κ3) is 19.6.